The predicted octanol–water partition coefficient (Wildman–Crippen LogP) is 2.75. The van der Waals surface area contributed by atoms with Gasteiger partial charge in [0.1, 0.15) is 11.7 Å². The molecule has 1 rings (SSSR count). The molecule has 0 aromatic rings. The molecule has 2 N–H and O–H groups in total. The second kappa shape index (κ2) is 8.86. The Hall–Kier alpha value is -1.60. The van der Waals surface area contributed by atoms with Crippen molar-refractivity contribution in [3.8, 4) is 0 Å². The topological polar surface area (TPSA) is 85.9 Å². The van der Waals surface area contributed by atoms with Crippen LogP contribution in [0, 0.1) is 5.92 Å². The van der Waals surface area contributed by atoms with Crippen molar-refractivity contribution in [3.05, 3.63) is 12.7 Å². The summed E-state index contributed by atoms with van der Waals surface area (Å²) >= 11 is 0. The van der Waals surface area contributed by atoms with Gasteiger partial charge in [-0.05, 0) is 47.0 Å². The van der Waals surface area contributed by atoms with Gasteiger partial charge in [0, 0.05) is 6.54 Å². The summed E-state index contributed by atoms with van der Waals surface area (Å²) in [5, 5.41) is 5.66. The van der Waals surface area contributed by atoms with E-state index < -0.39 is 35.7 Å². The molecule has 3 atom stereocenters. The van der Waals surface area contributed by atoms with Gasteiger partial charge in [-0.1, -0.05) is 19.9 Å². The molecule has 1 saturated heterocycles. The maximum Gasteiger partial charge on any atom is 0.407 e. The lowest BCUT2D eigenvalue weighted by molar-refractivity contribution is -0.157. The van der Waals surface area contributed by atoms with E-state index in [4.69, 9.17) is 14.2 Å². The molecule has 0 spiro atoms. The lowest BCUT2D eigenvalue weighted by Crippen LogP contribution is -2.54. The highest BCUT2D eigenvalue weighted by Crippen LogP contribution is 2.32. The largest absolute Gasteiger partial charge is 0.444 e. The van der Waals surface area contributed by atoms with Crippen molar-refractivity contribution in [2.24, 2.45) is 5.92 Å². The third-order valence-corrected chi connectivity index (χ3v) is 3.79. The number of carbonyl (C=O) groups excluding carboxylic acids is 2. The van der Waals surface area contributed by atoms with Crippen LogP contribution >= 0.6 is 0 Å². The van der Waals surface area contributed by atoms with Crippen molar-refractivity contribution in [2.45, 2.75) is 84.5 Å². The SMILES string of the molecule is C=CCCNC(=O)[C@H]1OC(C)(C)O[C@@H]1[C@@H](NC(=O)OC(C)(C)C)C(C)C. The standard InChI is InChI=1S/C19H34N2O5/c1-9-10-11-20-16(22)15-14(24-19(7,8)25-15)13(12(2)3)21-17(23)26-18(4,5)6/h9,12-15H,1,10-11H2,2-8H3,(H,20,22)(H,21,23)/t13-,14+,15-/m0/s1. The molecule has 7 nitrogen and oxygen atoms in total. The Morgan fingerprint density at radius 2 is 1.88 bits per heavy atom. The molecule has 150 valence electrons. The molecule has 0 saturated carbocycles. The van der Waals surface area contributed by atoms with Crippen LogP contribution in [0.1, 0.15) is 54.9 Å². The van der Waals surface area contributed by atoms with Gasteiger partial charge in [0.05, 0.1) is 6.04 Å². The van der Waals surface area contributed by atoms with Crippen LogP contribution in [0.15, 0.2) is 12.7 Å². The Balaban J connectivity index is 2.92. The fourth-order valence-electron chi connectivity index (χ4n) is 2.72. The molecule has 0 aromatic carbocycles. The van der Waals surface area contributed by atoms with Gasteiger partial charge in [0.2, 0.25) is 0 Å². The van der Waals surface area contributed by atoms with E-state index in [9.17, 15) is 9.59 Å². The first-order valence-electron chi connectivity index (χ1n) is 9.10. The van der Waals surface area contributed by atoms with E-state index in [-0.39, 0.29) is 11.8 Å². The average Bonchev–Trinajstić information content (AvgIpc) is 2.78. The number of alkyl carbamates (subject to hydrolysis) is 1. The summed E-state index contributed by atoms with van der Waals surface area (Å²) in [5.74, 6) is -1.18. The molecule has 1 fully saturated rings. The molecule has 0 aromatic heterocycles. The minimum Gasteiger partial charge on any atom is -0.444 e. The molecule has 0 unspecified atom stereocenters. The summed E-state index contributed by atoms with van der Waals surface area (Å²) in [4.78, 5) is 24.8. The number of rotatable bonds is 7. The zero-order chi connectivity index (χ0) is 20.1. The van der Waals surface area contributed by atoms with E-state index in [1.54, 1.807) is 40.7 Å². The maximum atomic E-state index is 12.6. The quantitative estimate of drug-likeness (QED) is 0.532. The summed E-state index contributed by atoms with van der Waals surface area (Å²) in [7, 11) is 0. The van der Waals surface area contributed by atoms with Crippen LogP contribution in [0.4, 0.5) is 4.79 Å². The minimum atomic E-state index is -0.923. The van der Waals surface area contributed by atoms with Crippen LogP contribution < -0.4 is 10.6 Å². The van der Waals surface area contributed by atoms with Crippen LogP contribution in [-0.2, 0) is 19.0 Å². The molecule has 1 aliphatic rings. The van der Waals surface area contributed by atoms with Gasteiger partial charge >= 0.3 is 6.09 Å². The highest BCUT2D eigenvalue weighted by molar-refractivity contribution is 5.82. The van der Waals surface area contributed by atoms with Gasteiger partial charge in [-0.25, -0.2) is 4.79 Å². The summed E-state index contributed by atoms with van der Waals surface area (Å²) in [6, 6.07) is -0.443. The van der Waals surface area contributed by atoms with E-state index in [1.165, 1.54) is 0 Å². The van der Waals surface area contributed by atoms with E-state index in [2.05, 4.69) is 17.2 Å². The van der Waals surface area contributed by atoms with Gasteiger partial charge in [-0.15, -0.1) is 6.58 Å². The van der Waals surface area contributed by atoms with Crippen LogP contribution in [-0.4, -0.2) is 48.2 Å². The van der Waals surface area contributed by atoms with E-state index >= 15 is 0 Å². The van der Waals surface area contributed by atoms with E-state index in [0.29, 0.717) is 13.0 Å². The molecule has 26 heavy (non-hydrogen) atoms. The molecule has 0 aliphatic carbocycles. The predicted molar refractivity (Wildman–Crippen MR) is 99.6 cm³/mol. The molecule has 7 heteroatoms. The first kappa shape index (κ1) is 22.4. The number of carbonyl (C=O) groups is 2. The molecule has 1 heterocycles. The Kier molecular flexibility index (Phi) is 7.65. The maximum absolute atomic E-state index is 12.6. The fraction of sp³-hybridized carbons (Fsp3) is 0.789. The van der Waals surface area contributed by atoms with Crippen molar-refractivity contribution in [2.75, 3.05) is 6.54 Å². The average molecular weight is 370 g/mol. The van der Waals surface area contributed by atoms with Crippen LogP contribution in [0.5, 0.6) is 0 Å². The third-order valence-electron chi connectivity index (χ3n) is 3.79. The molecule has 2 amide bonds. The fourth-order valence-corrected chi connectivity index (χ4v) is 2.72. The minimum absolute atomic E-state index is 0.00786. The Morgan fingerprint density at radius 1 is 1.27 bits per heavy atom. The molecular weight excluding hydrogens is 336 g/mol. The summed E-state index contributed by atoms with van der Waals surface area (Å²) in [6.07, 6.45) is 0.403. The zero-order valence-electron chi connectivity index (χ0n) is 17.0. The lowest BCUT2D eigenvalue weighted by Gasteiger charge is -2.31. The Labute approximate surface area is 156 Å². The van der Waals surface area contributed by atoms with Crippen molar-refractivity contribution < 1.29 is 23.8 Å². The lowest BCUT2D eigenvalue weighted by atomic mass is 9.94. The first-order chi connectivity index (χ1) is 11.9. The second-order valence-corrected chi connectivity index (χ2v) is 8.31. The Bertz CT molecular complexity index is 511. The van der Waals surface area contributed by atoms with Gasteiger partial charge in [-0.3, -0.25) is 4.79 Å². The molecular formula is C19H34N2O5. The van der Waals surface area contributed by atoms with Crippen molar-refractivity contribution >= 4 is 12.0 Å². The van der Waals surface area contributed by atoms with Crippen LogP contribution in [0.2, 0.25) is 0 Å². The summed E-state index contributed by atoms with van der Waals surface area (Å²) in [6.45, 7) is 16.9. The van der Waals surface area contributed by atoms with Gasteiger partial charge < -0.3 is 24.8 Å². The Morgan fingerprint density at radius 3 is 2.38 bits per heavy atom. The number of ether oxygens (including phenoxy) is 3. The highest BCUT2D eigenvalue weighted by Gasteiger charge is 2.49. The van der Waals surface area contributed by atoms with Gasteiger partial charge in [0.25, 0.3) is 5.91 Å². The third kappa shape index (κ3) is 6.96. The number of hydrogen-bond acceptors (Lipinski definition) is 5. The smallest absolute Gasteiger partial charge is 0.407 e. The monoisotopic (exact) mass is 370 g/mol. The number of hydrogen-bond donors (Lipinski definition) is 2. The highest BCUT2D eigenvalue weighted by atomic mass is 16.8. The number of amides is 2. The number of nitrogens with one attached hydrogen (secondary N) is 2. The second-order valence-electron chi connectivity index (χ2n) is 8.31. The molecule has 0 bridgehead atoms. The molecule has 0 radical (unpaired) electrons. The zero-order valence-corrected chi connectivity index (χ0v) is 17.0. The van der Waals surface area contributed by atoms with Crippen LogP contribution in [0.3, 0.4) is 0 Å². The van der Waals surface area contributed by atoms with Crippen molar-refractivity contribution in [1.29, 1.82) is 0 Å². The van der Waals surface area contributed by atoms with Crippen molar-refractivity contribution in [1.82, 2.24) is 10.6 Å². The molecule has 1 aliphatic heterocycles. The van der Waals surface area contributed by atoms with Gasteiger partial charge in [0.15, 0.2) is 11.9 Å². The van der Waals surface area contributed by atoms with E-state index in [0.717, 1.165) is 0 Å². The normalized spacial score (nSPS) is 23.4. The van der Waals surface area contributed by atoms with E-state index in [1.807, 2.05) is 13.8 Å². The van der Waals surface area contributed by atoms with Gasteiger partial charge in [-0.2, -0.15) is 0 Å². The summed E-state index contributed by atoms with van der Waals surface area (Å²) < 4.78 is 17.1. The van der Waals surface area contributed by atoms with Crippen molar-refractivity contribution in [3.63, 3.8) is 0 Å². The first-order valence-corrected chi connectivity index (χ1v) is 9.10. The summed E-state index contributed by atoms with van der Waals surface area (Å²) in [5.41, 5.74) is -0.612. The van der Waals surface area contributed by atoms with Crippen LogP contribution in [0.25, 0.3) is 0 Å².